The molecule has 5 N–H and O–H groups in total. The molecular formula is C14H20N4. The lowest BCUT2D eigenvalue weighted by Crippen LogP contribution is -2.02. The maximum Gasteiger partial charge on any atom is 0.153 e. The van der Waals surface area contributed by atoms with E-state index in [9.17, 15) is 0 Å². The molecule has 1 aromatic heterocycles. The second-order valence-corrected chi connectivity index (χ2v) is 3.92. The summed E-state index contributed by atoms with van der Waals surface area (Å²) in [5.74, 6) is 0.680. The summed E-state index contributed by atoms with van der Waals surface area (Å²) in [6, 6.07) is 9.78. The minimum absolute atomic E-state index is 0. The number of benzene rings is 1. The van der Waals surface area contributed by atoms with E-state index in [4.69, 9.17) is 11.5 Å². The normalized spacial score (nSPS) is 9.67. The summed E-state index contributed by atoms with van der Waals surface area (Å²) >= 11 is 0. The van der Waals surface area contributed by atoms with Gasteiger partial charge in [0.15, 0.2) is 5.82 Å². The van der Waals surface area contributed by atoms with Gasteiger partial charge >= 0.3 is 0 Å². The first-order valence-electron chi connectivity index (χ1n) is 5.48. The summed E-state index contributed by atoms with van der Waals surface area (Å²) in [5, 5.41) is 3.20. The second-order valence-electron chi connectivity index (χ2n) is 3.92. The van der Waals surface area contributed by atoms with Gasteiger partial charge in [-0.25, -0.2) is 4.98 Å². The molecule has 4 nitrogen and oxygen atoms in total. The fourth-order valence-electron chi connectivity index (χ4n) is 1.58. The molecule has 4 heteroatoms. The van der Waals surface area contributed by atoms with E-state index in [1.54, 1.807) is 6.20 Å². The molecular weight excluding hydrogens is 224 g/mol. The zero-order valence-electron chi connectivity index (χ0n) is 9.77. The van der Waals surface area contributed by atoms with Crippen LogP contribution in [0.25, 0.3) is 0 Å². The summed E-state index contributed by atoms with van der Waals surface area (Å²) in [7, 11) is 0. The van der Waals surface area contributed by atoms with Gasteiger partial charge in [0, 0.05) is 18.4 Å². The van der Waals surface area contributed by atoms with Crippen molar-refractivity contribution >= 4 is 17.2 Å². The zero-order chi connectivity index (χ0) is 12.3. The van der Waals surface area contributed by atoms with Crippen LogP contribution in [-0.4, -0.2) is 4.98 Å². The minimum Gasteiger partial charge on any atom is -0.396 e. The molecule has 0 spiro atoms. The first-order chi connectivity index (χ1) is 8.20. The fraction of sp³-hybridized carbons (Fsp3) is 0.214. The summed E-state index contributed by atoms with van der Waals surface area (Å²) < 4.78 is 0. The number of hydrogen-bond acceptors (Lipinski definition) is 4. The molecule has 0 unspecified atom stereocenters. The Morgan fingerprint density at radius 1 is 1.28 bits per heavy atom. The van der Waals surface area contributed by atoms with Crippen molar-refractivity contribution in [1.82, 2.24) is 4.98 Å². The monoisotopic (exact) mass is 244 g/mol. The predicted octanol–water partition coefficient (Wildman–Crippen LogP) is 2.81. The molecule has 0 saturated heterocycles. The van der Waals surface area contributed by atoms with Crippen molar-refractivity contribution < 1.29 is 0 Å². The van der Waals surface area contributed by atoms with Gasteiger partial charge in [0.05, 0.1) is 5.69 Å². The third kappa shape index (κ3) is 2.99. The quantitative estimate of drug-likeness (QED) is 0.776. The van der Waals surface area contributed by atoms with Crippen molar-refractivity contribution in [2.45, 2.75) is 20.9 Å². The molecule has 2 aromatic rings. The van der Waals surface area contributed by atoms with Crippen LogP contribution in [0.5, 0.6) is 0 Å². The lowest BCUT2D eigenvalue weighted by molar-refractivity contribution is 1.07. The molecule has 0 aliphatic rings. The molecule has 0 atom stereocenters. The number of aryl methyl sites for hydroxylation is 1. The van der Waals surface area contributed by atoms with Gasteiger partial charge in [-0.2, -0.15) is 0 Å². The lowest BCUT2D eigenvalue weighted by atomic mass is 10.2. The van der Waals surface area contributed by atoms with Crippen molar-refractivity contribution in [3.63, 3.8) is 0 Å². The Bertz CT molecular complexity index is 523. The molecule has 0 aliphatic heterocycles. The third-order valence-electron chi connectivity index (χ3n) is 2.63. The number of anilines is 3. The smallest absolute Gasteiger partial charge is 0.153 e. The van der Waals surface area contributed by atoms with Gasteiger partial charge in [-0.1, -0.05) is 19.6 Å². The van der Waals surface area contributed by atoms with Gasteiger partial charge in [-0.3, -0.25) is 0 Å². The molecule has 0 bridgehead atoms. The van der Waals surface area contributed by atoms with E-state index in [2.05, 4.69) is 10.3 Å². The van der Waals surface area contributed by atoms with Crippen LogP contribution < -0.4 is 16.8 Å². The Labute approximate surface area is 108 Å². The fourth-order valence-corrected chi connectivity index (χ4v) is 1.58. The van der Waals surface area contributed by atoms with E-state index in [1.807, 2.05) is 37.3 Å². The molecule has 1 heterocycles. The summed E-state index contributed by atoms with van der Waals surface area (Å²) in [5.41, 5.74) is 15.2. The summed E-state index contributed by atoms with van der Waals surface area (Å²) in [4.78, 5) is 4.22. The van der Waals surface area contributed by atoms with Crippen LogP contribution in [0, 0.1) is 6.92 Å². The Hall–Kier alpha value is -2.07. The number of aromatic nitrogens is 1. The van der Waals surface area contributed by atoms with Crippen LogP contribution in [0.15, 0.2) is 36.5 Å². The Kier molecular flexibility index (Phi) is 4.68. The molecule has 1 aromatic carbocycles. The first kappa shape index (κ1) is 14.0. The molecule has 0 amide bonds. The molecule has 18 heavy (non-hydrogen) atoms. The molecule has 0 radical (unpaired) electrons. The number of nitrogens with one attached hydrogen (secondary N) is 1. The first-order valence-corrected chi connectivity index (χ1v) is 5.48. The molecule has 2 rings (SSSR count). The van der Waals surface area contributed by atoms with Gasteiger partial charge in [-0.15, -0.1) is 0 Å². The van der Waals surface area contributed by atoms with Crippen LogP contribution in [0.3, 0.4) is 0 Å². The number of nitrogens with two attached hydrogens (primary N) is 2. The third-order valence-corrected chi connectivity index (χ3v) is 2.63. The topological polar surface area (TPSA) is 77.0 Å². The highest BCUT2D eigenvalue weighted by Crippen LogP contribution is 2.23. The Morgan fingerprint density at radius 3 is 2.78 bits per heavy atom. The maximum atomic E-state index is 5.95. The average Bonchev–Trinajstić information content (AvgIpc) is 2.35. The van der Waals surface area contributed by atoms with Crippen LogP contribution in [0.4, 0.5) is 17.2 Å². The highest BCUT2D eigenvalue weighted by atomic mass is 15.0. The largest absolute Gasteiger partial charge is 0.396 e. The number of hydrogen-bond donors (Lipinski definition) is 3. The van der Waals surface area contributed by atoms with Crippen molar-refractivity contribution in [3.8, 4) is 0 Å². The molecule has 0 fully saturated rings. The van der Waals surface area contributed by atoms with E-state index < -0.39 is 0 Å². The number of nitrogen functional groups attached to an aromatic ring is 1. The molecule has 0 aliphatic carbocycles. The number of rotatable bonds is 3. The van der Waals surface area contributed by atoms with Crippen molar-refractivity contribution in [1.29, 1.82) is 0 Å². The van der Waals surface area contributed by atoms with E-state index >= 15 is 0 Å². The maximum absolute atomic E-state index is 5.95. The standard InChI is InChI=1S/C13H16N4.CH4/c1-9-5-6-16-13(12(9)15)17-11-4-2-3-10(7-11)8-14;/h2-7H,8,14-15H2,1H3,(H,16,17);1H4. The van der Waals surface area contributed by atoms with Crippen molar-refractivity contribution in [2.24, 2.45) is 5.73 Å². The van der Waals surface area contributed by atoms with Gasteiger partial charge < -0.3 is 16.8 Å². The summed E-state index contributed by atoms with van der Waals surface area (Å²) in [6.45, 7) is 2.48. The number of pyridine rings is 1. The Morgan fingerprint density at radius 2 is 2.06 bits per heavy atom. The highest BCUT2D eigenvalue weighted by molar-refractivity contribution is 5.71. The van der Waals surface area contributed by atoms with Crippen LogP contribution in [0.1, 0.15) is 18.6 Å². The molecule has 0 saturated carbocycles. The molecule has 96 valence electrons. The lowest BCUT2D eigenvalue weighted by Gasteiger charge is -2.10. The second kappa shape index (κ2) is 6.02. The average molecular weight is 244 g/mol. The van der Waals surface area contributed by atoms with E-state index in [0.29, 0.717) is 18.1 Å². The van der Waals surface area contributed by atoms with Gasteiger partial charge in [0.2, 0.25) is 0 Å². The van der Waals surface area contributed by atoms with E-state index in [0.717, 1.165) is 16.8 Å². The Balaban J connectivity index is 0.00000162. The van der Waals surface area contributed by atoms with Gasteiger partial charge in [-0.05, 0) is 36.2 Å². The van der Waals surface area contributed by atoms with Crippen molar-refractivity contribution in [3.05, 3.63) is 47.7 Å². The minimum atomic E-state index is 0. The SMILES string of the molecule is C.Cc1ccnc(Nc2cccc(CN)c2)c1N. The van der Waals surface area contributed by atoms with Crippen LogP contribution in [0.2, 0.25) is 0 Å². The zero-order valence-corrected chi connectivity index (χ0v) is 9.77. The van der Waals surface area contributed by atoms with Crippen LogP contribution in [-0.2, 0) is 6.54 Å². The van der Waals surface area contributed by atoms with Gasteiger partial charge in [0.1, 0.15) is 0 Å². The van der Waals surface area contributed by atoms with E-state index in [-0.39, 0.29) is 7.43 Å². The summed E-state index contributed by atoms with van der Waals surface area (Å²) in [6.07, 6.45) is 1.74. The van der Waals surface area contributed by atoms with E-state index in [1.165, 1.54) is 0 Å². The number of nitrogens with zero attached hydrogens (tertiary/aromatic N) is 1. The predicted molar refractivity (Wildman–Crippen MR) is 77.7 cm³/mol. The highest BCUT2D eigenvalue weighted by Gasteiger charge is 2.03. The van der Waals surface area contributed by atoms with Gasteiger partial charge in [0.25, 0.3) is 0 Å². The van der Waals surface area contributed by atoms with Crippen molar-refractivity contribution in [2.75, 3.05) is 11.1 Å². The van der Waals surface area contributed by atoms with Crippen LogP contribution >= 0.6 is 0 Å².